The highest BCUT2D eigenvalue weighted by Crippen LogP contribution is 2.30. The Balaban J connectivity index is 1.39. The quantitative estimate of drug-likeness (QED) is 0.585. The summed E-state index contributed by atoms with van der Waals surface area (Å²) < 4.78 is 13.8. The summed E-state index contributed by atoms with van der Waals surface area (Å²) in [5.41, 5.74) is 2.65. The molecular formula is C23H24FN5O2S. The number of urea groups is 1. The van der Waals surface area contributed by atoms with Crippen LogP contribution < -0.4 is 10.6 Å². The van der Waals surface area contributed by atoms with Crippen molar-refractivity contribution in [3.05, 3.63) is 69.4 Å². The van der Waals surface area contributed by atoms with Gasteiger partial charge in [0.2, 0.25) is 5.01 Å². The lowest BCUT2D eigenvalue weighted by Crippen LogP contribution is -2.41. The van der Waals surface area contributed by atoms with E-state index in [-0.39, 0.29) is 23.7 Å². The average molecular weight is 454 g/mol. The van der Waals surface area contributed by atoms with E-state index in [2.05, 4.69) is 20.8 Å². The summed E-state index contributed by atoms with van der Waals surface area (Å²) in [6, 6.07) is 11.9. The molecule has 0 spiro atoms. The number of piperidine rings is 1. The molecular weight excluding hydrogens is 429 g/mol. The zero-order valence-corrected chi connectivity index (χ0v) is 18.7. The minimum Gasteiger partial charge on any atom is -0.324 e. The van der Waals surface area contributed by atoms with Crippen molar-refractivity contribution in [3.8, 4) is 0 Å². The van der Waals surface area contributed by atoms with E-state index >= 15 is 0 Å². The normalized spacial score (nSPS) is 16.0. The molecule has 2 heterocycles. The fourth-order valence-corrected chi connectivity index (χ4v) is 4.48. The summed E-state index contributed by atoms with van der Waals surface area (Å²) in [5, 5.41) is 14.9. The van der Waals surface area contributed by atoms with Gasteiger partial charge in [0, 0.05) is 30.4 Å². The molecule has 4 rings (SSSR count). The molecule has 1 fully saturated rings. The van der Waals surface area contributed by atoms with Crippen molar-refractivity contribution < 1.29 is 14.0 Å². The maximum absolute atomic E-state index is 13.8. The highest BCUT2D eigenvalue weighted by atomic mass is 32.1. The fourth-order valence-electron chi connectivity index (χ4n) is 3.62. The number of carbonyl (C=O) groups is 2. The number of benzene rings is 2. The number of rotatable bonds is 4. The van der Waals surface area contributed by atoms with Gasteiger partial charge < -0.3 is 15.5 Å². The van der Waals surface area contributed by atoms with Crippen molar-refractivity contribution in [3.63, 3.8) is 0 Å². The molecule has 0 bridgehead atoms. The molecule has 3 amide bonds. The van der Waals surface area contributed by atoms with E-state index in [4.69, 9.17) is 0 Å². The van der Waals surface area contributed by atoms with Gasteiger partial charge in [-0.1, -0.05) is 35.6 Å². The van der Waals surface area contributed by atoms with Gasteiger partial charge in [0.15, 0.2) is 0 Å². The van der Waals surface area contributed by atoms with E-state index in [1.165, 1.54) is 17.4 Å². The molecule has 1 aliphatic heterocycles. The molecule has 32 heavy (non-hydrogen) atoms. The van der Waals surface area contributed by atoms with Crippen LogP contribution in [0.4, 0.5) is 20.6 Å². The number of likely N-dealkylation sites (tertiary alicyclic amines) is 1. The monoisotopic (exact) mass is 453 g/mol. The van der Waals surface area contributed by atoms with Crippen molar-refractivity contribution >= 4 is 34.6 Å². The maximum atomic E-state index is 13.8. The van der Waals surface area contributed by atoms with Crippen LogP contribution in [-0.2, 0) is 0 Å². The largest absolute Gasteiger partial charge is 0.324 e. The lowest BCUT2D eigenvalue weighted by molar-refractivity contribution is 0.102. The van der Waals surface area contributed by atoms with E-state index in [9.17, 15) is 14.0 Å². The number of nitrogens with zero attached hydrogens (tertiary/aromatic N) is 3. The summed E-state index contributed by atoms with van der Waals surface area (Å²) in [6.45, 7) is 4.67. The van der Waals surface area contributed by atoms with Gasteiger partial charge in [0.25, 0.3) is 5.91 Å². The van der Waals surface area contributed by atoms with Gasteiger partial charge in [0.1, 0.15) is 10.8 Å². The Kier molecular flexibility index (Phi) is 6.45. The Morgan fingerprint density at radius 2 is 1.91 bits per heavy atom. The van der Waals surface area contributed by atoms with E-state index in [0.29, 0.717) is 29.3 Å². The molecule has 7 nitrogen and oxygen atoms in total. The Bertz CT molecular complexity index is 1150. The highest BCUT2D eigenvalue weighted by molar-refractivity contribution is 7.13. The number of carbonyl (C=O) groups excluding carboxylic acids is 2. The van der Waals surface area contributed by atoms with Crippen LogP contribution in [0, 0.1) is 19.7 Å². The molecule has 3 aromatic rings. The third-order valence-electron chi connectivity index (χ3n) is 5.51. The molecule has 1 aliphatic rings. The number of aryl methyl sites for hydroxylation is 2. The van der Waals surface area contributed by atoms with Gasteiger partial charge in [0.05, 0.1) is 0 Å². The molecule has 2 aromatic carbocycles. The second-order valence-corrected chi connectivity index (χ2v) is 8.90. The number of para-hydroxylation sites is 1. The highest BCUT2D eigenvalue weighted by Gasteiger charge is 2.28. The molecule has 2 N–H and O–H groups in total. The predicted octanol–water partition coefficient (Wildman–Crippen LogP) is 4.96. The van der Waals surface area contributed by atoms with Gasteiger partial charge in [-0.15, -0.1) is 10.2 Å². The Morgan fingerprint density at radius 1 is 1.09 bits per heavy atom. The van der Waals surface area contributed by atoms with Crippen LogP contribution in [0.15, 0.2) is 42.5 Å². The number of amides is 3. The minimum atomic E-state index is -0.357. The minimum absolute atomic E-state index is 0.00163. The Labute approximate surface area is 189 Å². The molecule has 0 aliphatic carbocycles. The van der Waals surface area contributed by atoms with Crippen LogP contribution >= 0.6 is 11.3 Å². The fraction of sp³-hybridized carbons (Fsp3) is 0.304. The summed E-state index contributed by atoms with van der Waals surface area (Å²) in [6.07, 6.45) is 1.67. The van der Waals surface area contributed by atoms with Crippen LogP contribution in [0.1, 0.15) is 44.7 Å². The molecule has 1 atom stereocenters. The van der Waals surface area contributed by atoms with Crippen molar-refractivity contribution in [2.75, 3.05) is 23.7 Å². The van der Waals surface area contributed by atoms with Gasteiger partial charge in [-0.2, -0.15) is 0 Å². The molecule has 0 radical (unpaired) electrons. The predicted molar refractivity (Wildman–Crippen MR) is 123 cm³/mol. The van der Waals surface area contributed by atoms with Crippen LogP contribution in [0.25, 0.3) is 0 Å². The number of hydrogen-bond donors (Lipinski definition) is 2. The number of hydrogen-bond acceptors (Lipinski definition) is 5. The first-order valence-corrected chi connectivity index (χ1v) is 11.2. The summed E-state index contributed by atoms with van der Waals surface area (Å²) >= 11 is 1.25. The summed E-state index contributed by atoms with van der Waals surface area (Å²) in [7, 11) is 0. The van der Waals surface area contributed by atoms with Gasteiger partial charge in [-0.25, -0.2) is 9.18 Å². The van der Waals surface area contributed by atoms with Gasteiger partial charge in [-0.3, -0.25) is 4.79 Å². The number of aromatic nitrogens is 2. The number of anilines is 2. The smallest absolute Gasteiger partial charge is 0.321 e. The SMILES string of the molecule is Cc1ccc(NC(=O)N2CCCC(c3nnc(C(=O)Nc4ccccc4C)s3)C2)cc1F. The van der Waals surface area contributed by atoms with Crippen molar-refractivity contribution in [2.24, 2.45) is 0 Å². The summed E-state index contributed by atoms with van der Waals surface area (Å²) in [4.78, 5) is 27.0. The van der Waals surface area contributed by atoms with Gasteiger partial charge in [-0.05, 0) is 56.0 Å². The zero-order valence-electron chi connectivity index (χ0n) is 17.9. The third-order valence-corrected chi connectivity index (χ3v) is 6.59. The lowest BCUT2D eigenvalue weighted by Gasteiger charge is -2.31. The standard InChI is InChI=1S/C23H24FN5O2S/c1-14-9-10-17(12-18(14)24)25-23(31)29-11-5-7-16(13-29)21-27-28-22(32-21)20(30)26-19-8-4-3-6-15(19)2/h3-4,6,8-10,12,16H,5,7,11,13H2,1-2H3,(H,25,31)(H,26,30). The Morgan fingerprint density at radius 3 is 2.69 bits per heavy atom. The van der Waals surface area contributed by atoms with Crippen LogP contribution in [0.2, 0.25) is 0 Å². The van der Waals surface area contributed by atoms with Crippen molar-refractivity contribution in [1.29, 1.82) is 0 Å². The second-order valence-electron chi connectivity index (χ2n) is 7.89. The number of halogens is 1. The Hall–Kier alpha value is -3.33. The molecule has 1 aromatic heterocycles. The van der Waals surface area contributed by atoms with Crippen molar-refractivity contribution in [2.45, 2.75) is 32.6 Å². The zero-order chi connectivity index (χ0) is 22.7. The first kappa shape index (κ1) is 21.9. The summed E-state index contributed by atoms with van der Waals surface area (Å²) in [5.74, 6) is -0.652. The maximum Gasteiger partial charge on any atom is 0.321 e. The third kappa shape index (κ3) is 4.94. The average Bonchev–Trinajstić information content (AvgIpc) is 3.28. The van der Waals surface area contributed by atoms with Crippen LogP contribution in [0.5, 0.6) is 0 Å². The van der Waals surface area contributed by atoms with E-state index in [0.717, 1.165) is 29.1 Å². The van der Waals surface area contributed by atoms with E-state index < -0.39 is 0 Å². The molecule has 1 saturated heterocycles. The topological polar surface area (TPSA) is 87.2 Å². The van der Waals surface area contributed by atoms with Crippen LogP contribution in [-0.4, -0.2) is 40.1 Å². The molecule has 166 valence electrons. The van der Waals surface area contributed by atoms with E-state index in [1.807, 2.05) is 31.2 Å². The molecule has 1 unspecified atom stereocenters. The first-order valence-electron chi connectivity index (χ1n) is 10.4. The van der Waals surface area contributed by atoms with Crippen molar-refractivity contribution in [1.82, 2.24) is 15.1 Å². The number of nitrogens with one attached hydrogen (secondary N) is 2. The first-order chi connectivity index (χ1) is 15.4. The second kappa shape index (κ2) is 9.44. The molecule has 0 saturated carbocycles. The lowest BCUT2D eigenvalue weighted by atomic mass is 9.99. The van der Waals surface area contributed by atoms with Crippen LogP contribution in [0.3, 0.4) is 0 Å². The molecule has 9 heteroatoms. The van der Waals surface area contributed by atoms with Gasteiger partial charge >= 0.3 is 6.03 Å². The van der Waals surface area contributed by atoms with E-state index in [1.54, 1.807) is 24.0 Å².